The molecule has 2 aromatic heterocycles. The second-order valence-corrected chi connectivity index (χ2v) is 11.4. The lowest BCUT2D eigenvalue weighted by Crippen LogP contribution is -2.35. The van der Waals surface area contributed by atoms with E-state index in [1.165, 1.54) is 12.3 Å². The number of ketones is 1. The first-order valence-corrected chi connectivity index (χ1v) is 15.3. The molecule has 1 saturated heterocycles. The van der Waals surface area contributed by atoms with Crippen molar-refractivity contribution < 1.29 is 19.0 Å². The summed E-state index contributed by atoms with van der Waals surface area (Å²) in [5.74, 6) is 0.631. The lowest BCUT2D eigenvalue weighted by Gasteiger charge is -2.31. The first-order valence-electron chi connectivity index (χ1n) is 14.1. The maximum Gasteiger partial charge on any atom is 0.214 e. The number of piperidine rings is 1. The van der Waals surface area contributed by atoms with E-state index < -0.39 is 5.82 Å². The van der Waals surface area contributed by atoms with E-state index in [9.17, 15) is 14.3 Å². The Labute approximate surface area is 253 Å². The van der Waals surface area contributed by atoms with Crippen molar-refractivity contribution >= 4 is 40.1 Å². The summed E-state index contributed by atoms with van der Waals surface area (Å²) in [5.41, 5.74) is 3.75. The molecular formula is C32H33FN6O3S. The Morgan fingerprint density at radius 3 is 2.65 bits per heavy atom. The van der Waals surface area contributed by atoms with Gasteiger partial charge in [-0.2, -0.15) is 5.10 Å². The number of H-pyrrole nitrogens is 1. The largest absolute Gasteiger partial charge is 0.506 e. The standard InChI is InChI=1S/C32H33FN6O3S/c1-19-14-22(42-30-7-5-4-6-24(30)33)8-9-28(19)39-32(34-2)23(18-35-39)31(41)27-15-20-16-29(40)26(17-25(20)37-27)36-21-10-12-38(43-3)13-11-21/h4-9,14-18,21,34,36-37,40H,10-13H2,1-3H3. The minimum absolute atomic E-state index is 0.142. The number of aromatic amines is 1. The molecule has 43 heavy (non-hydrogen) atoms. The van der Waals surface area contributed by atoms with Crippen LogP contribution < -0.4 is 15.4 Å². The number of phenols is 1. The van der Waals surface area contributed by atoms with Gasteiger partial charge in [-0.1, -0.05) is 24.1 Å². The smallest absolute Gasteiger partial charge is 0.214 e. The van der Waals surface area contributed by atoms with Gasteiger partial charge < -0.3 is 25.5 Å². The van der Waals surface area contributed by atoms with Crippen molar-refractivity contribution in [3.05, 3.63) is 89.5 Å². The molecule has 6 rings (SSSR count). The molecule has 0 radical (unpaired) electrons. The van der Waals surface area contributed by atoms with E-state index in [1.54, 1.807) is 66.1 Å². The highest BCUT2D eigenvalue weighted by Crippen LogP contribution is 2.34. The normalized spacial score (nSPS) is 14.2. The highest BCUT2D eigenvalue weighted by Gasteiger charge is 2.23. The van der Waals surface area contributed by atoms with Gasteiger partial charge in [0.15, 0.2) is 11.6 Å². The quantitative estimate of drug-likeness (QED) is 0.0839. The van der Waals surface area contributed by atoms with Crippen LogP contribution >= 0.6 is 11.9 Å². The van der Waals surface area contributed by atoms with E-state index in [0.717, 1.165) is 48.1 Å². The number of aromatic hydroxyl groups is 1. The summed E-state index contributed by atoms with van der Waals surface area (Å²) in [7, 11) is 1.74. The van der Waals surface area contributed by atoms with Gasteiger partial charge in [-0.05, 0) is 80.1 Å². The van der Waals surface area contributed by atoms with Gasteiger partial charge in [0.2, 0.25) is 5.78 Å². The number of halogens is 1. The number of carbonyl (C=O) groups excluding carboxylic acids is 1. The fourth-order valence-corrected chi connectivity index (χ4v) is 6.05. The molecule has 3 heterocycles. The Bertz CT molecular complexity index is 1790. The average Bonchev–Trinajstić information content (AvgIpc) is 3.62. The molecule has 0 spiro atoms. The van der Waals surface area contributed by atoms with Gasteiger partial charge in [0.05, 0.1) is 28.8 Å². The van der Waals surface area contributed by atoms with Crippen molar-refractivity contribution in [1.82, 2.24) is 19.1 Å². The molecule has 0 saturated carbocycles. The molecule has 1 aliphatic heterocycles. The molecule has 3 aromatic carbocycles. The van der Waals surface area contributed by atoms with Crippen LogP contribution in [0.5, 0.6) is 17.2 Å². The number of anilines is 2. The van der Waals surface area contributed by atoms with E-state index >= 15 is 0 Å². The van der Waals surface area contributed by atoms with Crippen LogP contribution in [0.4, 0.5) is 15.9 Å². The number of aromatic nitrogens is 3. The Hall–Kier alpha value is -4.48. The highest BCUT2D eigenvalue weighted by molar-refractivity contribution is 7.96. The molecule has 0 aliphatic carbocycles. The lowest BCUT2D eigenvalue weighted by atomic mass is 10.1. The number of rotatable bonds is 9. The van der Waals surface area contributed by atoms with Gasteiger partial charge >= 0.3 is 0 Å². The maximum absolute atomic E-state index is 14.1. The Morgan fingerprint density at radius 1 is 1.14 bits per heavy atom. The fourth-order valence-electron chi connectivity index (χ4n) is 5.48. The van der Waals surface area contributed by atoms with Crippen LogP contribution in [0.15, 0.2) is 66.9 Å². The number of aryl methyl sites for hydroxylation is 1. The first kappa shape index (κ1) is 28.6. The highest BCUT2D eigenvalue weighted by atomic mass is 32.2. The summed E-state index contributed by atoms with van der Waals surface area (Å²) in [6.07, 6.45) is 5.61. The monoisotopic (exact) mass is 600 g/mol. The summed E-state index contributed by atoms with van der Waals surface area (Å²) in [5, 5.41) is 22.6. The van der Waals surface area contributed by atoms with Crippen LogP contribution in [0.1, 0.15) is 34.5 Å². The minimum Gasteiger partial charge on any atom is -0.506 e. The molecule has 0 unspecified atom stereocenters. The van der Waals surface area contributed by atoms with E-state index in [1.807, 2.05) is 19.1 Å². The molecule has 5 aromatic rings. The molecule has 0 bridgehead atoms. The summed E-state index contributed by atoms with van der Waals surface area (Å²) >= 11 is 1.76. The molecule has 0 amide bonds. The topological polar surface area (TPSA) is 107 Å². The summed E-state index contributed by atoms with van der Waals surface area (Å²) < 4.78 is 23.8. The number of nitrogens with zero attached hydrogens (tertiary/aromatic N) is 3. The van der Waals surface area contributed by atoms with Gasteiger partial charge in [0.25, 0.3) is 0 Å². The third kappa shape index (κ3) is 5.78. The van der Waals surface area contributed by atoms with Crippen molar-refractivity contribution in [2.24, 2.45) is 0 Å². The second-order valence-electron chi connectivity index (χ2n) is 10.5. The average molecular weight is 601 g/mol. The Morgan fingerprint density at radius 2 is 1.93 bits per heavy atom. The van der Waals surface area contributed by atoms with Gasteiger partial charge in [0.1, 0.15) is 17.3 Å². The van der Waals surface area contributed by atoms with Crippen molar-refractivity contribution in [2.75, 3.05) is 37.0 Å². The number of carbonyl (C=O) groups is 1. The van der Waals surface area contributed by atoms with Gasteiger partial charge in [-0.25, -0.2) is 9.07 Å². The Kier molecular flexibility index (Phi) is 8.00. The van der Waals surface area contributed by atoms with E-state index in [-0.39, 0.29) is 23.3 Å². The summed E-state index contributed by atoms with van der Waals surface area (Å²) in [4.78, 5) is 16.9. The number of phenolic OH excluding ortho intramolecular Hbond substituents is 1. The van der Waals surface area contributed by atoms with E-state index in [0.29, 0.717) is 28.5 Å². The number of hydrogen-bond acceptors (Lipinski definition) is 8. The molecule has 9 nitrogen and oxygen atoms in total. The van der Waals surface area contributed by atoms with E-state index in [2.05, 4.69) is 31.3 Å². The van der Waals surface area contributed by atoms with Crippen molar-refractivity contribution in [2.45, 2.75) is 25.8 Å². The zero-order valence-corrected chi connectivity index (χ0v) is 25.0. The summed E-state index contributed by atoms with van der Waals surface area (Å²) in [6.45, 7) is 3.89. The van der Waals surface area contributed by atoms with E-state index in [4.69, 9.17) is 4.74 Å². The Balaban J connectivity index is 1.23. The van der Waals surface area contributed by atoms with Crippen LogP contribution in [0.3, 0.4) is 0 Å². The third-order valence-corrected chi connectivity index (χ3v) is 8.65. The molecule has 1 aliphatic rings. The number of hydrogen-bond donors (Lipinski definition) is 4. The van der Waals surface area contributed by atoms with Crippen LogP contribution in [0.2, 0.25) is 0 Å². The van der Waals surface area contributed by atoms with Crippen LogP contribution in [0, 0.1) is 12.7 Å². The number of benzene rings is 3. The zero-order valence-electron chi connectivity index (χ0n) is 24.1. The van der Waals surface area contributed by atoms with Crippen LogP contribution in [0.25, 0.3) is 16.6 Å². The van der Waals surface area contributed by atoms with Gasteiger partial charge in [0, 0.05) is 37.1 Å². The molecule has 11 heteroatoms. The summed E-state index contributed by atoms with van der Waals surface area (Å²) in [6, 6.07) is 17.1. The predicted molar refractivity (Wildman–Crippen MR) is 169 cm³/mol. The number of fused-ring (bicyclic) bond motifs is 1. The minimum atomic E-state index is -0.441. The molecular weight excluding hydrogens is 567 g/mol. The van der Waals surface area contributed by atoms with Crippen molar-refractivity contribution in [1.29, 1.82) is 0 Å². The zero-order chi connectivity index (χ0) is 30.1. The predicted octanol–water partition coefficient (Wildman–Crippen LogP) is 6.73. The third-order valence-electron chi connectivity index (χ3n) is 7.76. The maximum atomic E-state index is 14.1. The van der Waals surface area contributed by atoms with Crippen LogP contribution in [-0.4, -0.2) is 62.4 Å². The SMILES string of the molecule is CNc1c(C(=O)c2cc3cc(O)c(NC4CCN(SC)CC4)cc3[nH]2)cnn1-c1ccc(Oc2ccccc2F)cc1C. The molecule has 4 N–H and O–H groups in total. The molecule has 222 valence electrons. The molecule has 1 fully saturated rings. The molecule has 0 atom stereocenters. The van der Waals surface area contributed by atoms with Crippen molar-refractivity contribution in [3.63, 3.8) is 0 Å². The number of ether oxygens (including phenoxy) is 1. The number of para-hydroxylation sites is 1. The lowest BCUT2D eigenvalue weighted by molar-refractivity contribution is 0.103. The van der Waals surface area contributed by atoms with Crippen LogP contribution in [-0.2, 0) is 0 Å². The van der Waals surface area contributed by atoms with Gasteiger partial charge in [-0.3, -0.25) is 9.10 Å². The first-order chi connectivity index (χ1) is 20.8. The van der Waals surface area contributed by atoms with Crippen molar-refractivity contribution in [3.8, 4) is 22.9 Å². The second kappa shape index (κ2) is 12.0. The van der Waals surface area contributed by atoms with Gasteiger partial charge in [-0.15, -0.1) is 0 Å². The fraction of sp³-hybridized carbons (Fsp3) is 0.250. The number of nitrogens with one attached hydrogen (secondary N) is 3.